The van der Waals surface area contributed by atoms with Gasteiger partial charge in [-0.05, 0) is 49.2 Å². The van der Waals surface area contributed by atoms with Crippen LogP contribution in [0.15, 0.2) is 54.6 Å². The maximum absolute atomic E-state index is 13.0. The summed E-state index contributed by atoms with van der Waals surface area (Å²) in [5, 5.41) is 3.01. The van der Waals surface area contributed by atoms with E-state index in [1.54, 1.807) is 12.1 Å². The van der Waals surface area contributed by atoms with Crippen molar-refractivity contribution in [3.8, 4) is 5.75 Å². The Kier molecular flexibility index (Phi) is 4.51. The molecular formula is C20H22FN3O2. The van der Waals surface area contributed by atoms with Gasteiger partial charge in [0.05, 0.1) is 6.67 Å². The number of carbonyl (C=O) groups is 1. The van der Waals surface area contributed by atoms with Crippen molar-refractivity contribution in [1.82, 2.24) is 10.2 Å². The second-order valence-electron chi connectivity index (χ2n) is 6.80. The Morgan fingerprint density at radius 2 is 1.73 bits per heavy atom. The van der Waals surface area contributed by atoms with Gasteiger partial charge in [-0.2, -0.15) is 0 Å². The molecule has 2 aliphatic heterocycles. The van der Waals surface area contributed by atoms with E-state index in [1.165, 1.54) is 12.1 Å². The van der Waals surface area contributed by atoms with E-state index in [9.17, 15) is 9.18 Å². The SMILES string of the molecule is O=C1NCN(c2ccccc2)C12CCN(COc1ccc(F)cc1)CC2. The summed E-state index contributed by atoms with van der Waals surface area (Å²) in [6.07, 6.45) is 1.50. The van der Waals surface area contributed by atoms with Gasteiger partial charge >= 0.3 is 0 Å². The fraction of sp³-hybridized carbons (Fsp3) is 0.350. The van der Waals surface area contributed by atoms with Crippen molar-refractivity contribution in [1.29, 1.82) is 0 Å². The molecule has 1 spiro atoms. The minimum Gasteiger partial charge on any atom is -0.478 e. The molecule has 2 heterocycles. The van der Waals surface area contributed by atoms with Gasteiger partial charge in [-0.3, -0.25) is 9.69 Å². The first kappa shape index (κ1) is 16.8. The Morgan fingerprint density at radius 1 is 1.04 bits per heavy atom. The van der Waals surface area contributed by atoms with Crippen molar-refractivity contribution in [2.24, 2.45) is 0 Å². The van der Waals surface area contributed by atoms with Gasteiger partial charge < -0.3 is 15.0 Å². The number of ether oxygens (including phenoxy) is 1. The summed E-state index contributed by atoms with van der Waals surface area (Å²) in [5.41, 5.74) is 0.593. The summed E-state index contributed by atoms with van der Waals surface area (Å²) < 4.78 is 18.7. The van der Waals surface area contributed by atoms with Gasteiger partial charge in [0, 0.05) is 18.8 Å². The number of hydrogen-bond acceptors (Lipinski definition) is 4. The van der Waals surface area contributed by atoms with E-state index in [2.05, 4.69) is 15.1 Å². The average Bonchev–Trinajstić information content (AvgIpc) is 2.99. The van der Waals surface area contributed by atoms with Gasteiger partial charge in [-0.25, -0.2) is 4.39 Å². The van der Waals surface area contributed by atoms with E-state index in [4.69, 9.17) is 4.74 Å². The fourth-order valence-electron chi connectivity index (χ4n) is 3.78. The average molecular weight is 355 g/mol. The highest BCUT2D eigenvalue weighted by molar-refractivity contribution is 5.93. The van der Waals surface area contributed by atoms with Crippen LogP contribution in [-0.2, 0) is 4.79 Å². The molecule has 26 heavy (non-hydrogen) atoms. The van der Waals surface area contributed by atoms with Crippen molar-refractivity contribution in [3.05, 3.63) is 60.4 Å². The van der Waals surface area contributed by atoms with Crippen LogP contribution in [0.5, 0.6) is 5.75 Å². The van der Waals surface area contributed by atoms with Crippen LogP contribution in [-0.4, -0.2) is 42.8 Å². The Bertz CT molecular complexity index is 758. The molecule has 6 heteroatoms. The summed E-state index contributed by atoms with van der Waals surface area (Å²) in [4.78, 5) is 17.0. The van der Waals surface area contributed by atoms with Crippen LogP contribution in [0.4, 0.5) is 10.1 Å². The molecule has 2 saturated heterocycles. The van der Waals surface area contributed by atoms with E-state index in [1.807, 2.05) is 30.3 Å². The number of carbonyl (C=O) groups excluding carboxylic acids is 1. The summed E-state index contributed by atoms with van der Waals surface area (Å²) in [6, 6.07) is 16.1. The molecule has 0 bridgehead atoms. The molecule has 136 valence electrons. The predicted molar refractivity (Wildman–Crippen MR) is 97.4 cm³/mol. The van der Waals surface area contributed by atoms with Crippen LogP contribution >= 0.6 is 0 Å². The number of nitrogens with one attached hydrogen (secondary N) is 1. The molecule has 0 aliphatic carbocycles. The Hall–Kier alpha value is -2.60. The number of para-hydroxylation sites is 1. The molecule has 1 amide bonds. The summed E-state index contributed by atoms with van der Waals surface area (Å²) in [6.45, 7) is 2.54. The van der Waals surface area contributed by atoms with Gasteiger partial charge in [0.25, 0.3) is 0 Å². The van der Waals surface area contributed by atoms with Gasteiger partial charge in [0.15, 0.2) is 0 Å². The predicted octanol–water partition coefficient (Wildman–Crippen LogP) is 2.59. The van der Waals surface area contributed by atoms with E-state index in [0.717, 1.165) is 31.6 Å². The maximum Gasteiger partial charge on any atom is 0.247 e. The molecule has 0 aromatic heterocycles. The lowest BCUT2D eigenvalue weighted by molar-refractivity contribution is -0.125. The number of rotatable bonds is 4. The standard InChI is InChI=1S/C20H22FN3O2/c21-16-6-8-18(9-7-16)26-15-23-12-10-20(11-13-23)19(25)22-14-24(20)17-4-2-1-3-5-17/h1-9H,10-15H2,(H,22,25). The zero-order chi connectivity index (χ0) is 18.0. The lowest BCUT2D eigenvalue weighted by Crippen LogP contribution is -2.56. The molecule has 1 N–H and O–H groups in total. The van der Waals surface area contributed by atoms with Crippen LogP contribution in [0.1, 0.15) is 12.8 Å². The molecule has 2 aromatic rings. The Morgan fingerprint density at radius 3 is 2.42 bits per heavy atom. The summed E-state index contributed by atoms with van der Waals surface area (Å²) in [5.74, 6) is 0.488. The molecular weight excluding hydrogens is 333 g/mol. The van der Waals surface area contributed by atoms with Crippen molar-refractivity contribution >= 4 is 11.6 Å². The highest BCUT2D eigenvalue weighted by Gasteiger charge is 2.50. The third kappa shape index (κ3) is 3.12. The van der Waals surface area contributed by atoms with E-state index < -0.39 is 5.54 Å². The maximum atomic E-state index is 13.0. The number of hydrogen-bond donors (Lipinski definition) is 1. The first-order valence-corrected chi connectivity index (χ1v) is 8.89. The Balaban J connectivity index is 1.39. The van der Waals surface area contributed by atoms with Crippen LogP contribution in [0.2, 0.25) is 0 Å². The minimum absolute atomic E-state index is 0.112. The molecule has 0 saturated carbocycles. The lowest BCUT2D eigenvalue weighted by Gasteiger charge is -2.43. The minimum atomic E-state index is -0.478. The molecule has 2 fully saturated rings. The number of benzene rings is 2. The van der Waals surface area contributed by atoms with Crippen LogP contribution in [0.3, 0.4) is 0 Å². The highest BCUT2D eigenvalue weighted by atomic mass is 19.1. The third-order valence-electron chi connectivity index (χ3n) is 5.32. The number of piperidine rings is 1. The van der Waals surface area contributed by atoms with Gasteiger partial charge in [-0.15, -0.1) is 0 Å². The quantitative estimate of drug-likeness (QED) is 0.916. The zero-order valence-electron chi connectivity index (χ0n) is 14.5. The van der Waals surface area contributed by atoms with Crippen LogP contribution in [0, 0.1) is 5.82 Å². The zero-order valence-corrected chi connectivity index (χ0v) is 14.5. The van der Waals surface area contributed by atoms with E-state index in [0.29, 0.717) is 19.1 Å². The topological polar surface area (TPSA) is 44.8 Å². The molecule has 0 unspecified atom stereocenters. The largest absolute Gasteiger partial charge is 0.478 e. The third-order valence-corrected chi connectivity index (χ3v) is 5.32. The lowest BCUT2D eigenvalue weighted by atomic mass is 9.86. The normalized spacial score (nSPS) is 19.6. The van der Waals surface area contributed by atoms with Crippen LogP contribution in [0.25, 0.3) is 0 Å². The number of halogens is 1. The van der Waals surface area contributed by atoms with Crippen molar-refractivity contribution in [2.45, 2.75) is 18.4 Å². The summed E-state index contributed by atoms with van der Waals surface area (Å²) >= 11 is 0. The highest BCUT2D eigenvalue weighted by Crippen LogP contribution is 2.36. The second-order valence-corrected chi connectivity index (χ2v) is 6.80. The monoisotopic (exact) mass is 355 g/mol. The smallest absolute Gasteiger partial charge is 0.247 e. The molecule has 5 nitrogen and oxygen atoms in total. The number of nitrogens with zero attached hydrogens (tertiary/aromatic N) is 2. The Labute approximate surface area is 152 Å². The number of likely N-dealkylation sites (tertiary alicyclic amines) is 1. The number of anilines is 1. The van der Waals surface area contributed by atoms with Crippen molar-refractivity contribution in [3.63, 3.8) is 0 Å². The van der Waals surface area contributed by atoms with Crippen molar-refractivity contribution < 1.29 is 13.9 Å². The molecule has 2 aliphatic rings. The molecule has 4 rings (SSSR count). The van der Waals surface area contributed by atoms with Crippen LogP contribution < -0.4 is 15.0 Å². The fourth-order valence-corrected chi connectivity index (χ4v) is 3.78. The molecule has 0 radical (unpaired) electrons. The number of amides is 1. The summed E-state index contributed by atoms with van der Waals surface area (Å²) in [7, 11) is 0. The van der Waals surface area contributed by atoms with Gasteiger partial charge in [0.1, 0.15) is 23.8 Å². The van der Waals surface area contributed by atoms with E-state index >= 15 is 0 Å². The molecule has 0 atom stereocenters. The van der Waals surface area contributed by atoms with E-state index in [-0.39, 0.29) is 11.7 Å². The first-order valence-electron chi connectivity index (χ1n) is 8.89. The van der Waals surface area contributed by atoms with Gasteiger partial charge in [-0.1, -0.05) is 18.2 Å². The first-order chi connectivity index (χ1) is 12.7. The second kappa shape index (κ2) is 6.96. The molecule has 2 aromatic carbocycles. The van der Waals surface area contributed by atoms with Crippen molar-refractivity contribution in [2.75, 3.05) is 31.4 Å². The van der Waals surface area contributed by atoms with Gasteiger partial charge in [0.2, 0.25) is 5.91 Å².